The van der Waals surface area contributed by atoms with Crippen LogP contribution in [0.5, 0.6) is 11.6 Å². The number of carbonyl (C=O) groups is 1. The average molecular weight is 273 g/mol. The molecule has 0 aliphatic carbocycles. The number of anilines is 1. The first-order valence-corrected chi connectivity index (χ1v) is 5.66. The Balaban J connectivity index is 2.22. The van der Waals surface area contributed by atoms with Gasteiger partial charge in [0.1, 0.15) is 11.3 Å². The summed E-state index contributed by atoms with van der Waals surface area (Å²) < 4.78 is 16.3. The van der Waals surface area contributed by atoms with Gasteiger partial charge in [0.05, 0.1) is 0 Å². The van der Waals surface area contributed by atoms with Crippen LogP contribution >= 0.6 is 11.8 Å². The van der Waals surface area contributed by atoms with Crippen molar-refractivity contribution in [2.24, 2.45) is 0 Å². The topological polar surface area (TPSA) is 60.9 Å². The number of ether oxygens (including phenoxy) is 3. The zero-order valence-corrected chi connectivity index (χ0v) is 11.0. The highest BCUT2D eigenvalue weighted by Crippen LogP contribution is 2.40. The molecule has 0 aromatic carbocycles. The molecule has 2 rings (SSSR count). The third-order valence-corrected chi connectivity index (χ3v) is 2.34. The Morgan fingerprint density at radius 1 is 1.50 bits per heavy atom. The molecule has 1 aliphatic rings. The monoisotopic (exact) mass is 272 g/mol. The Kier molecular flexibility index (Phi) is 3.21. The molecule has 1 aromatic heterocycles. The lowest BCUT2D eigenvalue weighted by Crippen LogP contribution is -2.31. The van der Waals surface area contributed by atoms with Crippen molar-refractivity contribution in [1.29, 1.82) is 0 Å². The molecule has 0 N–H and O–H groups in total. The van der Waals surface area contributed by atoms with E-state index >= 15 is 0 Å². The van der Waals surface area contributed by atoms with Gasteiger partial charge in [-0.25, -0.2) is 9.78 Å². The summed E-state index contributed by atoms with van der Waals surface area (Å²) in [5, 5.41) is 0. The highest BCUT2D eigenvalue weighted by Gasteiger charge is 2.28. The van der Waals surface area contributed by atoms with E-state index in [0.29, 0.717) is 17.3 Å². The van der Waals surface area contributed by atoms with Crippen LogP contribution in [0.25, 0.3) is 0 Å². The zero-order valence-electron chi connectivity index (χ0n) is 10.3. The van der Waals surface area contributed by atoms with Crippen LogP contribution in [-0.4, -0.2) is 23.5 Å². The molecule has 0 saturated carbocycles. The molecule has 2 heterocycles. The molecule has 0 atom stereocenters. The number of nitrogens with zero attached hydrogens (tertiary/aromatic N) is 2. The third-order valence-electron chi connectivity index (χ3n) is 2.02. The van der Waals surface area contributed by atoms with Crippen LogP contribution in [0.1, 0.15) is 20.8 Å². The number of fused-ring (bicyclic) bond motifs is 1. The molecule has 6 nitrogen and oxygen atoms in total. The summed E-state index contributed by atoms with van der Waals surface area (Å²) in [6.07, 6.45) is 0.788. The molecule has 0 spiro atoms. The Morgan fingerprint density at radius 2 is 2.22 bits per heavy atom. The molecule has 0 bridgehead atoms. The maximum absolute atomic E-state index is 11.8. The van der Waals surface area contributed by atoms with E-state index in [2.05, 4.69) is 4.98 Å². The van der Waals surface area contributed by atoms with Gasteiger partial charge in [0.25, 0.3) is 5.88 Å². The first-order chi connectivity index (χ1) is 8.38. The first kappa shape index (κ1) is 12.8. The minimum absolute atomic E-state index is 0.0540. The van der Waals surface area contributed by atoms with E-state index in [1.807, 2.05) is 0 Å². The van der Waals surface area contributed by atoms with Gasteiger partial charge in [-0.3, -0.25) is 0 Å². The molecule has 7 heteroatoms. The molecular formula is C11H13ClN2O4. The molecule has 0 saturated heterocycles. The summed E-state index contributed by atoms with van der Waals surface area (Å²) in [5.41, 5.74) is -0.286. The van der Waals surface area contributed by atoms with E-state index in [-0.39, 0.29) is 6.79 Å². The second-order valence-corrected chi connectivity index (χ2v) is 4.97. The molecule has 1 aliphatic heterocycles. The SMILES string of the molecule is CC(C)(C)OC(=O)N(Cl)c1ccnc2c1OCO2. The van der Waals surface area contributed by atoms with Crippen LogP contribution in [0, 0.1) is 0 Å². The molecular weight excluding hydrogens is 260 g/mol. The number of hydrogen-bond donors (Lipinski definition) is 0. The van der Waals surface area contributed by atoms with Crippen LogP contribution < -0.4 is 13.9 Å². The maximum atomic E-state index is 11.8. The standard InChI is InChI=1S/C11H13ClN2O4/c1-11(2,3)18-10(15)14(12)7-4-5-13-9-8(7)16-6-17-9/h4-5H,6H2,1-3H3. The quantitative estimate of drug-likeness (QED) is 0.736. The van der Waals surface area contributed by atoms with Gasteiger partial charge < -0.3 is 14.2 Å². The van der Waals surface area contributed by atoms with Crippen LogP contribution in [-0.2, 0) is 4.74 Å². The van der Waals surface area contributed by atoms with Crippen LogP contribution in [0.3, 0.4) is 0 Å². The minimum atomic E-state index is -0.687. The van der Waals surface area contributed by atoms with E-state index in [4.69, 9.17) is 26.0 Å². The van der Waals surface area contributed by atoms with Gasteiger partial charge in [-0.1, -0.05) is 0 Å². The second kappa shape index (κ2) is 4.53. The normalized spacial score (nSPS) is 13.3. The summed E-state index contributed by atoms with van der Waals surface area (Å²) >= 11 is 5.94. The van der Waals surface area contributed by atoms with Crippen LogP contribution in [0.2, 0.25) is 0 Å². The average Bonchev–Trinajstić information content (AvgIpc) is 2.73. The summed E-state index contributed by atoms with van der Waals surface area (Å²) in [7, 11) is 0. The number of carbonyl (C=O) groups excluding carboxylic acids is 1. The van der Waals surface area contributed by atoms with Gasteiger partial charge >= 0.3 is 6.09 Å². The van der Waals surface area contributed by atoms with Crippen molar-refractivity contribution in [2.75, 3.05) is 11.2 Å². The van der Waals surface area contributed by atoms with E-state index in [1.54, 1.807) is 26.8 Å². The van der Waals surface area contributed by atoms with Crippen molar-refractivity contribution in [3.8, 4) is 11.6 Å². The van der Waals surface area contributed by atoms with Gasteiger partial charge in [0, 0.05) is 18.0 Å². The summed E-state index contributed by atoms with van der Waals surface area (Å²) in [6.45, 7) is 5.32. The lowest BCUT2D eigenvalue weighted by atomic mass is 10.2. The maximum Gasteiger partial charge on any atom is 0.429 e. The van der Waals surface area contributed by atoms with Crippen LogP contribution in [0.15, 0.2) is 12.3 Å². The number of rotatable bonds is 1. The number of hydrogen-bond acceptors (Lipinski definition) is 5. The number of pyridine rings is 1. The Labute approximate surface area is 110 Å². The smallest absolute Gasteiger partial charge is 0.429 e. The van der Waals surface area contributed by atoms with Crippen molar-refractivity contribution >= 4 is 23.6 Å². The summed E-state index contributed by atoms with van der Waals surface area (Å²) in [6, 6.07) is 1.55. The summed E-state index contributed by atoms with van der Waals surface area (Å²) in [5.74, 6) is 0.639. The highest BCUT2D eigenvalue weighted by molar-refractivity contribution is 6.36. The molecule has 0 radical (unpaired) electrons. The van der Waals surface area contributed by atoms with Gasteiger partial charge in [-0.05, 0) is 26.8 Å². The van der Waals surface area contributed by atoms with Gasteiger partial charge in [-0.15, -0.1) is 0 Å². The predicted octanol–water partition coefficient (Wildman–Crippen LogP) is 2.71. The van der Waals surface area contributed by atoms with E-state index in [9.17, 15) is 4.79 Å². The van der Waals surface area contributed by atoms with Crippen molar-refractivity contribution in [1.82, 2.24) is 4.98 Å². The molecule has 18 heavy (non-hydrogen) atoms. The minimum Gasteiger partial charge on any atom is -0.449 e. The lowest BCUT2D eigenvalue weighted by Gasteiger charge is -2.23. The van der Waals surface area contributed by atoms with E-state index in [0.717, 1.165) is 4.42 Å². The largest absolute Gasteiger partial charge is 0.449 e. The van der Waals surface area contributed by atoms with E-state index in [1.165, 1.54) is 6.20 Å². The Hall–Kier alpha value is -1.69. The molecule has 0 fully saturated rings. The fourth-order valence-electron chi connectivity index (χ4n) is 1.36. The van der Waals surface area contributed by atoms with Gasteiger partial charge in [-0.2, -0.15) is 4.42 Å². The Morgan fingerprint density at radius 3 is 2.89 bits per heavy atom. The number of halogens is 1. The van der Waals surface area contributed by atoms with Crippen LogP contribution in [0.4, 0.5) is 10.5 Å². The number of amides is 1. The predicted molar refractivity (Wildman–Crippen MR) is 64.9 cm³/mol. The molecule has 1 amide bonds. The molecule has 98 valence electrons. The highest BCUT2D eigenvalue weighted by atomic mass is 35.5. The van der Waals surface area contributed by atoms with Crippen molar-refractivity contribution < 1.29 is 19.0 Å². The molecule has 1 aromatic rings. The fourth-order valence-corrected chi connectivity index (χ4v) is 1.52. The first-order valence-electron chi connectivity index (χ1n) is 5.32. The van der Waals surface area contributed by atoms with Crippen molar-refractivity contribution in [2.45, 2.75) is 26.4 Å². The van der Waals surface area contributed by atoms with E-state index < -0.39 is 11.7 Å². The Bertz CT molecular complexity index is 473. The van der Waals surface area contributed by atoms with Gasteiger partial charge in [0.2, 0.25) is 12.5 Å². The fraction of sp³-hybridized carbons (Fsp3) is 0.455. The summed E-state index contributed by atoms with van der Waals surface area (Å²) in [4.78, 5) is 15.8. The number of aromatic nitrogens is 1. The molecule has 0 unspecified atom stereocenters. The third kappa shape index (κ3) is 2.59. The lowest BCUT2D eigenvalue weighted by molar-refractivity contribution is 0.0608. The van der Waals surface area contributed by atoms with Gasteiger partial charge in [0.15, 0.2) is 0 Å². The second-order valence-electron chi connectivity index (χ2n) is 4.63. The van der Waals surface area contributed by atoms with Crippen molar-refractivity contribution in [3.63, 3.8) is 0 Å². The zero-order chi connectivity index (χ0) is 13.3. The van der Waals surface area contributed by atoms with Crippen molar-refractivity contribution in [3.05, 3.63) is 12.3 Å².